The molecule has 1 aliphatic carbocycles. The normalized spacial score (nSPS) is 39.3. The topological polar surface area (TPSA) is 67.9 Å². The number of urea groups is 1. The van der Waals surface area contributed by atoms with E-state index < -0.39 is 5.54 Å². The molecule has 2 heterocycles. The number of carbonyl (C=O) groups is 1. The first-order valence-corrected chi connectivity index (χ1v) is 5.89. The van der Waals surface area contributed by atoms with E-state index in [9.17, 15) is 4.79 Å². The van der Waals surface area contributed by atoms with Crippen LogP contribution < -0.4 is 5.73 Å². The number of hydrogen-bond acceptors (Lipinski definition) is 3. The van der Waals surface area contributed by atoms with E-state index in [1.807, 2.05) is 11.8 Å². The second-order valence-electron chi connectivity index (χ2n) is 5.09. The van der Waals surface area contributed by atoms with Gasteiger partial charge in [-0.1, -0.05) is 0 Å². The van der Waals surface area contributed by atoms with Crippen LogP contribution in [0.25, 0.3) is 0 Å². The summed E-state index contributed by atoms with van der Waals surface area (Å²) < 4.78 is 5.42. The zero-order valence-corrected chi connectivity index (χ0v) is 9.48. The molecule has 0 bridgehead atoms. The molecule has 2 amide bonds. The molecule has 0 radical (unpaired) electrons. The lowest BCUT2D eigenvalue weighted by Crippen LogP contribution is -2.57. The molecule has 0 spiro atoms. The van der Waals surface area contributed by atoms with Crippen molar-refractivity contribution in [2.75, 3.05) is 13.2 Å². The summed E-state index contributed by atoms with van der Waals surface area (Å²) in [5, 5.41) is 0. The molecule has 2 N–H and O–H groups in total. The minimum atomic E-state index is -0.408. The number of ether oxygens (including phenoxy) is 1. The van der Waals surface area contributed by atoms with E-state index in [4.69, 9.17) is 10.5 Å². The SMILES string of the molecule is CC1(C2CCOC2)C(N)=NC(=O)N1C1CC1. The fourth-order valence-corrected chi connectivity index (χ4v) is 2.84. The van der Waals surface area contributed by atoms with E-state index in [0.717, 1.165) is 25.9 Å². The minimum Gasteiger partial charge on any atom is -0.385 e. The maximum Gasteiger partial charge on any atom is 0.346 e. The number of aliphatic imine (C=N–C) groups is 1. The third-order valence-electron chi connectivity index (χ3n) is 4.08. The third-order valence-corrected chi connectivity index (χ3v) is 4.08. The third kappa shape index (κ3) is 1.21. The average molecular weight is 223 g/mol. The highest BCUT2D eigenvalue weighted by atomic mass is 16.5. The molecule has 3 aliphatic rings. The predicted molar refractivity (Wildman–Crippen MR) is 59.2 cm³/mol. The second kappa shape index (κ2) is 3.20. The van der Waals surface area contributed by atoms with Crippen LogP contribution in [0, 0.1) is 5.92 Å². The zero-order chi connectivity index (χ0) is 11.3. The largest absolute Gasteiger partial charge is 0.385 e. The monoisotopic (exact) mass is 223 g/mol. The number of hydrogen-bond donors (Lipinski definition) is 1. The fraction of sp³-hybridized carbons (Fsp3) is 0.818. The van der Waals surface area contributed by atoms with Gasteiger partial charge in [0.1, 0.15) is 11.4 Å². The molecule has 5 nitrogen and oxygen atoms in total. The van der Waals surface area contributed by atoms with Gasteiger partial charge in [-0.15, -0.1) is 0 Å². The maximum atomic E-state index is 11.9. The molecule has 0 aromatic rings. The average Bonchev–Trinajstić information content (AvgIpc) is 2.84. The van der Waals surface area contributed by atoms with Gasteiger partial charge >= 0.3 is 6.03 Å². The van der Waals surface area contributed by atoms with Gasteiger partial charge in [0.2, 0.25) is 0 Å². The number of amides is 2. The molecule has 2 fully saturated rings. The number of carbonyl (C=O) groups excluding carboxylic acids is 1. The van der Waals surface area contributed by atoms with Crippen molar-refractivity contribution in [3.63, 3.8) is 0 Å². The first-order chi connectivity index (χ1) is 7.64. The number of nitrogens with two attached hydrogens (primary N) is 1. The molecule has 0 aromatic heterocycles. The molecule has 88 valence electrons. The molecular formula is C11H17N3O2. The van der Waals surface area contributed by atoms with Crippen LogP contribution >= 0.6 is 0 Å². The van der Waals surface area contributed by atoms with Gasteiger partial charge < -0.3 is 15.4 Å². The predicted octanol–water partition coefficient (Wildman–Crippen LogP) is 0.737. The van der Waals surface area contributed by atoms with Crippen molar-refractivity contribution in [1.29, 1.82) is 0 Å². The molecule has 5 heteroatoms. The Labute approximate surface area is 94.6 Å². The van der Waals surface area contributed by atoms with E-state index >= 15 is 0 Å². The fourth-order valence-electron chi connectivity index (χ4n) is 2.84. The van der Waals surface area contributed by atoms with Gasteiger partial charge in [0.15, 0.2) is 0 Å². The van der Waals surface area contributed by atoms with Gasteiger partial charge in [-0.05, 0) is 26.2 Å². The van der Waals surface area contributed by atoms with Gasteiger partial charge in [0.05, 0.1) is 6.61 Å². The van der Waals surface area contributed by atoms with Crippen LogP contribution in [-0.4, -0.2) is 41.6 Å². The molecule has 0 aromatic carbocycles. The number of amidine groups is 1. The number of nitrogens with zero attached hydrogens (tertiary/aromatic N) is 2. The van der Waals surface area contributed by atoms with Crippen LogP contribution in [0.15, 0.2) is 4.99 Å². The molecular weight excluding hydrogens is 206 g/mol. The van der Waals surface area contributed by atoms with E-state index in [-0.39, 0.29) is 6.03 Å². The van der Waals surface area contributed by atoms with Gasteiger partial charge in [-0.3, -0.25) is 0 Å². The Morgan fingerprint density at radius 2 is 2.25 bits per heavy atom. The smallest absolute Gasteiger partial charge is 0.346 e. The summed E-state index contributed by atoms with van der Waals surface area (Å²) in [6.45, 7) is 3.48. The molecule has 16 heavy (non-hydrogen) atoms. The summed E-state index contributed by atoms with van der Waals surface area (Å²) >= 11 is 0. The highest BCUT2D eigenvalue weighted by Crippen LogP contribution is 2.42. The van der Waals surface area contributed by atoms with Crippen molar-refractivity contribution in [2.24, 2.45) is 16.6 Å². The van der Waals surface area contributed by atoms with Crippen molar-refractivity contribution in [3.05, 3.63) is 0 Å². The Morgan fingerprint density at radius 3 is 2.81 bits per heavy atom. The Balaban J connectivity index is 1.94. The Kier molecular flexibility index (Phi) is 2.01. The van der Waals surface area contributed by atoms with E-state index in [1.54, 1.807) is 0 Å². The van der Waals surface area contributed by atoms with Crippen LogP contribution in [0.3, 0.4) is 0 Å². The lowest BCUT2D eigenvalue weighted by molar-refractivity contribution is 0.116. The van der Waals surface area contributed by atoms with Crippen molar-refractivity contribution in [1.82, 2.24) is 4.90 Å². The summed E-state index contributed by atoms with van der Waals surface area (Å²) in [5.74, 6) is 0.767. The molecule has 1 saturated heterocycles. The second-order valence-corrected chi connectivity index (χ2v) is 5.09. The Bertz CT molecular complexity index is 358. The minimum absolute atomic E-state index is 0.158. The van der Waals surface area contributed by atoms with Gasteiger partial charge in [0, 0.05) is 18.6 Å². The number of rotatable bonds is 2. The van der Waals surface area contributed by atoms with Gasteiger partial charge in [0.25, 0.3) is 0 Å². The summed E-state index contributed by atoms with van der Waals surface area (Å²) in [4.78, 5) is 17.7. The van der Waals surface area contributed by atoms with E-state index in [2.05, 4.69) is 4.99 Å². The molecule has 3 rings (SSSR count). The molecule has 2 aliphatic heterocycles. The Morgan fingerprint density at radius 1 is 1.50 bits per heavy atom. The molecule has 2 atom stereocenters. The lowest BCUT2D eigenvalue weighted by atomic mass is 9.83. The van der Waals surface area contributed by atoms with Crippen LogP contribution in [0.4, 0.5) is 4.79 Å². The summed E-state index contributed by atoms with van der Waals surface area (Å²) in [6, 6.07) is 0.192. The van der Waals surface area contributed by atoms with Crippen LogP contribution in [-0.2, 0) is 4.74 Å². The standard InChI is InChI=1S/C11H17N3O2/c1-11(7-4-5-16-6-7)9(12)13-10(15)14(11)8-2-3-8/h7-8H,2-6H2,1H3,(H2,12,13,15). The first kappa shape index (κ1) is 10.1. The van der Waals surface area contributed by atoms with Crippen LogP contribution in [0.1, 0.15) is 26.2 Å². The van der Waals surface area contributed by atoms with Gasteiger partial charge in [-0.25, -0.2) is 4.79 Å². The lowest BCUT2D eigenvalue weighted by Gasteiger charge is -2.39. The zero-order valence-electron chi connectivity index (χ0n) is 9.48. The highest BCUT2D eigenvalue weighted by molar-refractivity contribution is 6.06. The van der Waals surface area contributed by atoms with Crippen molar-refractivity contribution < 1.29 is 9.53 Å². The first-order valence-electron chi connectivity index (χ1n) is 5.89. The van der Waals surface area contributed by atoms with E-state index in [1.165, 1.54) is 0 Å². The maximum absolute atomic E-state index is 11.9. The highest BCUT2D eigenvalue weighted by Gasteiger charge is 2.55. The van der Waals surface area contributed by atoms with Crippen molar-refractivity contribution in [2.45, 2.75) is 37.8 Å². The van der Waals surface area contributed by atoms with Crippen LogP contribution in [0.2, 0.25) is 0 Å². The van der Waals surface area contributed by atoms with E-state index in [0.29, 0.717) is 24.4 Å². The molecule has 2 unspecified atom stereocenters. The molecule has 1 saturated carbocycles. The Hall–Kier alpha value is -1.10. The van der Waals surface area contributed by atoms with Crippen molar-refractivity contribution >= 4 is 11.9 Å². The summed E-state index contributed by atoms with van der Waals surface area (Å²) in [7, 11) is 0. The van der Waals surface area contributed by atoms with Gasteiger partial charge in [-0.2, -0.15) is 4.99 Å². The van der Waals surface area contributed by atoms with Crippen LogP contribution in [0.5, 0.6) is 0 Å². The summed E-state index contributed by atoms with van der Waals surface area (Å²) in [5.41, 5.74) is 5.56. The van der Waals surface area contributed by atoms with Crippen molar-refractivity contribution in [3.8, 4) is 0 Å². The quantitative estimate of drug-likeness (QED) is 0.750. The summed E-state index contributed by atoms with van der Waals surface area (Å²) in [6.07, 6.45) is 3.12.